The molecule has 4 N–H and O–H groups in total. The molecule has 0 amide bonds. The number of rotatable bonds is 3. The van der Waals surface area contributed by atoms with Crippen molar-refractivity contribution in [2.45, 2.75) is 12.2 Å². The van der Waals surface area contributed by atoms with Gasteiger partial charge in [-0.25, -0.2) is 9.59 Å². The van der Waals surface area contributed by atoms with Crippen LogP contribution in [0.2, 0.25) is 0 Å². The van der Waals surface area contributed by atoms with Crippen molar-refractivity contribution in [2.24, 2.45) is 0 Å². The second-order valence-corrected chi connectivity index (χ2v) is 1.57. The van der Waals surface area contributed by atoms with Gasteiger partial charge in [-0.2, -0.15) is 0 Å². The fourth-order valence-electron chi connectivity index (χ4n) is 0.270. The van der Waals surface area contributed by atoms with E-state index in [1.54, 1.807) is 0 Å². The van der Waals surface area contributed by atoms with Gasteiger partial charge < -0.3 is 20.4 Å². The molecule has 0 aromatic rings. The molecule has 0 bridgehead atoms. The van der Waals surface area contributed by atoms with Gasteiger partial charge in [-0.1, -0.05) is 0 Å². The first-order valence-corrected chi connectivity index (χ1v) is 2.78. The molecule has 0 aromatic heterocycles. The maximum atomic E-state index is 9.77. The Bertz CT molecular complexity index is 147. The van der Waals surface area contributed by atoms with Crippen molar-refractivity contribution in [2.75, 3.05) is 0 Å². The monoisotopic (exact) mass is 178 g/mol. The van der Waals surface area contributed by atoms with E-state index in [-0.39, 0.29) is 0 Å². The first kappa shape index (κ1) is 13.2. The van der Waals surface area contributed by atoms with Crippen LogP contribution in [0.5, 0.6) is 0 Å². The van der Waals surface area contributed by atoms with E-state index >= 15 is 0 Å². The molecule has 0 aromatic carbocycles. The molecule has 0 aliphatic heterocycles. The summed E-state index contributed by atoms with van der Waals surface area (Å²) in [5.41, 5.74) is 0. The topological polar surface area (TPSA) is 115 Å². The number of hydrogen-bond acceptors (Lipinski definition) is 4. The summed E-state index contributed by atoms with van der Waals surface area (Å²) in [6.45, 7) is 6.00. The molecule has 2 unspecified atom stereocenters. The van der Waals surface area contributed by atoms with Crippen LogP contribution in [-0.2, 0) is 9.59 Å². The molecule has 6 heteroatoms. The van der Waals surface area contributed by atoms with Gasteiger partial charge in [-0.05, 0) is 0 Å². The minimum Gasteiger partial charge on any atom is -0.479 e. The first-order chi connectivity index (χ1) is 5.46. The zero-order valence-electron chi connectivity index (χ0n) is 6.17. The molecule has 0 aliphatic rings. The largest absolute Gasteiger partial charge is 0.479 e. The van der Waals surface area contributed by atoms with Crippen molar-refractivity contribution in [1.29, 1.82) is 0 Å². The van der Waals surface area contributed by atoms with E-state index in [1.807, 2.05) is 0 Å². The molecule has 0 heterocycles. The Morgan fingerprint density at radius 2 is 1.08 bits per heavy atom. The second kappa shape index (κ2) is 6.32. The predicted octanol–water partition coefficient (Wildman–Crippen LogP) is -1.32. The van der Waals surface area contributed by atoms with E-state index in [1.165, 1.54) is 0 Å². The van der Waals surface area contributed by atoms with E-state index in [9.17, 15) is 9.59 Å². The molecule has 6 nitrogen and oxygen atoms in total. The van der Waals surface area contributed by atoms with Crippen molar-refractivity contribution in [3.8, 4) is 0 Å². The Morgan fingerprint density at radius 3 is 1.17 bits per heavy atom. The molecule has 70 valence electrons. The Morgan fingerprint density at radius 1 is 0.917 bits per heavy atom. The van der Waals surface area contributed by atoms with Crippen LogP contribution in [0.15, 0.2) is 13.2 Å². The molecule has 0 fully saturated rings. The molecular formula is C6H10O6. The zero-order chi connectivity index (χ0) is 10.3. The van der Waals surface area contributed by atoms with E-state index in [2.05, 4.69) is 13.2 Å². The number of carboxylic acids is 2. The smallest absolute Gasteiger partial charge is 0.335 e. The summed E-state index contributed by atoms with van der Waals surface area (Å²) in [5, 5.41) is 32.5. The lowest BCUT2D eigenvalue weighted by molar-refractivity contribution is -0.165. The molecular weight excluding hydrogens is 168 g/mol. The normalized spacial score (nSPS) is 13.5. The number of hydrogen-bond donors (Lipinski definition) is 4. The number of carboxylic acid groups (broad SMARTS) is 2. The van der Waals surface area contributed by atoms with E-state index in [0.29, 0.717) is 0 Å². The molecule has 0 aliphatic carbocycles. The lowest BCUT2D eigenvalue weighted by Crippen LogP contribution is -2.39. The van der Waals surface area contributed by atoms with Crippen LogP contribution in [0.25, 0.3) is 0 Å². The van der Waals surface area contributed by atoms with E-state index < -0.39 is 24.1 Å². The summed E-state index contributed by atoms with van der Waals surface area (Å²) in [7, 11) is 0. The van der Waals surface area contributed by atoms with Crippen molar-refractivity contribution >= 4 is 11.9 Å². The zero-order valence-corrected chi connectivity index (χ0v) is 6.17. The fourth-order valence-corrected chi connectivity index (χ4v) is 0.270. The van der Waals surface area contributed by atoms with Crippen LogP contribution in [-0.4, -0.2) is 44.6 Å². The molecule has 0 saturated carbocycles. The summed E-state index contributed by atoms with van der Waals surface area (Å²) in [5.74, 6) is -3.54. The summed E-state index contributed by atoms with van der Waals surface area (Å²) < 4.78 is 0. The Labute approximate surface area is 68.4 Å². The van der Waals surface area contributed by atoms with Gasteiger partial charge in [0.15, 0.2) is 12.2 Å². The lowest BCUT2D eigenvalue weighted by atomic mass is 10.2. The predicted molar refractivity (Wildman–Crippen MR) is 38.5 cm³/mol. The molecule has 0 saturated heterocycles. The van der Waals surface area contributed by atoms with E-state index in [0.717, 1.165) is 0 Å². The highest BCUT2D eigenvalue weighted by Crippen LogP contribution is 1.92. The molecule has 0 rings (SSSR count). The third-order valence-corrected chi connectivity index (χ3v) is 0.805. The SMILES string of the molecule is C=C.O=C(O)C(O)C(O)C(=O)O. The van der Waals surface area contributed by atoms with Gasteiger partial charge in [0.2, 0.25) is 0 Å². The standard InChI is InChI=1S/C4H6O6.C2H4/c5-1(3(7)8)2(6)4(9)10;1-2/h1-2,5-6H,(H,7,8)(H,9,10);1-2H2. The Balaban J connectivity index is 0. The third kappa shape index (κ3) is 4.42. The highest BCUT2D eigenvalue weighted by atomic mass is 16.4. The number of aliphatic hydroxyl groups is 2. The van der Waals surface area contributed by atoms with Crippen molar-refractivity contribution in [1.82, 2.24) is 0 Å². The van der Waals surface area contributed by atoms with Gasteiger partial charge in [0, 0.05) is 0 Å². The summed E-state index contributed by atoms with van der Waals surface area (Å²) in [6, 6.07) is 0. The number of aliphatic hydroxyl groups excluding tert-OH is 2. The quantitative estimate of drug-likeness (QED) is 0.398. The average molecular weight is 178 g/mol. The van der Waals surface area contributed by atoms with Gasteiger partial charge in [0.1, 0.15) is 0 Å². The summed E-state index contributed by atoms with van der Waals surface area (Å²) >= 11 is 0. The average Bonchev–Trinajstić information content (AvgIpc) is 2.05. The van der Waals surface area contributed by atoms with Gasteiger partial charge >= 0.3 is 11.9 Å². The highest BCUT2D eigenvalue weighted by molar-refractivity contribution is 5.82. The maximum Gasteiger partial charge on any atom is 0.335 e. The van der Waals surface area contributed by atoms with E-state index in [4.69, 9.17) is 20.4 Å². The minimum absolute atomic E-state index is 1.77. The molecule has 0 spiro atoms. The minimum atomic E-state index is -2.27. The number of aliphatic carboxylic acids is 2. The maximum absolute atomic E-state index is 9.77. The van der Waals surface area contributed by atoms with Gasteiger partial charge in [-0.3, -0.25) is 0 Å². The third-order valence-electron chi connectivity index (χ3n) is 0.805. The van der Waals surface area contributed by atoms with Crippen molar-refractivity contribution in [3.63, 3.8) is 0 Å². The summed E-state index contributed by atoms with van der Waals surface area (Å²) in [4.78, 5) is 19.5. The van der Waals surface area contributed by atoms with Crippen LogP contribution < -0.4 is 0 Å². The first-order valence-electron chi connectivity index (χ1n) is 2.78. The fraction of sp³-hybridized carbons (Fsp3) is 0.333. The Hall–Kier alpha value is -1.40. The van der Waals surface area contributed by atoms with Gasteiger partial charge in [0.25, 0.3) is 0 Å². The van der Waals surface area contributed by atoms with Gasteiger partial charge in [-0.15, -0.1) is 13.2 Å². The van der Waals surface area contributed by atoms with Crippen LogP contribution in [0.3, 0.4) is 0 Å². The second-order valence-electron chi connectivity index (χ2n) is 1.57. The van der Waals surface area contributed by atoms with Crippen LogP contribution >= 0.6 is 0 Å². The van der Waals surface area contributed by atoms with Crippen molar-refractivity contribution in [3.05, 3.63) is 13.2 Å². The van der Waals surface area contributed by atoms with Crippen LogP contribution in [0.1, 0.15) is 0 Å². The van der Waals surface area contributed by atoms with Crippen LogP contribution in [0.4, 0.5) is 0 Å². The molecule has 12 heavy (non-hydrogen) atoms. The molecule has 0 radical (unpaired) electrons. The Kier molecular flexibility index (Phi) is 6.96. The number of carbonyl (C=O) groups is 2. The lowest BCUT2D eigenvalue weighted by Gasteiger charge is -2.07. The molecule has 2 atom stereocenters. The van der Waals surface area contributed by atoms with Gasteiger partial charge in [0.05, 0.1) is 0 Å². The van der Waals surface area contributed by atoms with Crippen molar-refractivity contribution < 1.29 is 30.0 Å². The highest BCUT2D eigenvalue weighted by Gasteiger charge is 2.29. The van der Waals surface area contributed by atoms with Crippen LogP contribution in [0, 0.1) is 0 Å². The summed E-state index contributed by atoms with van der Waals surface area (Å²) in [6.07, 6.45) is -4.53.